The highest BCUT2D eigenvalue weighted by Gasteiger charge is 2.27. The third kappa shape index (κ3) is 1.85. The van der Waals surface area contributed by atoms with Crippen LogP contribution in [0.5, 0.6) is 0 Å². The Bertz CT molecular complexity index is 572. The first-order valence-corrected chi connectivity index (χ1v) is 7.08. The Balaban J connectivity index is 2.17. The maximum atomic E-state index is 5.25. The maximum absolute atomic E-state index is 5.25. The van der Waals surface area contributed by atoms with Crippen LogP contribution in [0.3, 0.4) is 0 Å². The summed E-state index contributed by atoms with van der Waals surface area (Å²) < 4.78 is 1.55. The minimum Gasteiger partial charge on any atom is -0.340 e. The van der Waals surface area contributed by atoms with E-state index in [1.165, 1.54) is 18.5 Å². The van der Waals surface area contributed by atoms with Crippen LogP contribution in [0, 0.1) is 4.64 Å². The molecule has 0 unspecified atom stereocenters. The van der Waals surface area contributed by atoms with Crippen LogP contribution < -0.4 is 0 Å². The van der Waals surface area contributed by atoms with Gasteiger partial charge >= 0.3 is 0 Å². The zero-order chi connectivity index (χ0) is 11.1. The van der Waals surface area contributed by atoms with Gasteiger partial charge in [-0.25, -0.2) is 9.97 Å². The highest BCUT2D eigenvalue weighted by Crippen LogP contribution is 2.42. The molecule has 0 radical (unpaired) electrons. The molecule has 1 aliphatic carbocycles. The van der Waals surface area contributed by atoms with Crippen LogP contribution >= 0.6 is 39.5 Å². The summed E-state index contributed by atoms with van der Waals surface area (Å²) in [4.78, 5) is 11.9. The molecule has 1 fully saturated rings. The molecule has 2 aromatic heterocycles. The molecule has 0 saturated heterocycles. The van der Waals surface area contributed by atoms with E-state index in [1.807, 2.05) is 5.38 Å². The van der Waals surface area contributed by atoms with E-state index in [0.717, 1.165) is 16.0 Å². The molecule has 3 rings (SSSR count). The molecule has 6 heteroatoms. The summed E-state index contributed by atoms with van der Waals surface area (Å²) in [5.74, 6) is 1.38. The van der Waals surface area contributed by atoms with E-state index in [4.69, 9.17) is 12.2 Å². The molecule has 0 bridgehead atoms. The van der Waals surface area contributed by atoms with Crippen LogP contribution in [0.15, 0.2) is 15.4 Å². The smallest absolute Gasteiger partial charge is 0.158 e. The lowest BCUT2D eigenvalue weighted by Gasteiger charge is -2.05. The molecule has 0 aromatic carbocycles. The Hall–Kier alpha value is -0.590. The molecule has 0 spiro atoms. The van der Waals surface area contributed by atoms with E-state index in [1.54, 1.807) is 16.8 Å². The summed E-state index contributed by atoms with van der Waals surface area (Å²) in [5, 5.41) is 1.97. The van der Waals surface area contributed by atoms with E-state index in [0.29, 0.717) is 10.6 Å². The molecule has 0 aliphatic heterocycles. The first-order chi connectivity index (χ1) is 7.75. The third-order valence-corrected chi connectivity index (χ3v) is 4.50. The van der Waals surface area contributed by atoms with Crippen molar-refractivity contribution >= 4 is 39.5 Å². The van der Waals surface area contributed by atoms with Gasteiger partial charge in [0.15, 0.2) is 5.82 Å². The van der Waals surface area contributed by atoms with Gasteiger partial charge in [0.2, 0.25) is 0 Å². The van der Waals surface area contributed by atoms with Gasteiger partial charge in [0.05, 0.1) is 9.98 Å². The van der Waals surface area contributed by atoms with Gasteiger partial charge in [-0.05, 0) is 28.8 Å². The number of nitrogens with one attached hydrogen (secondary N) is 1. The molecule has 82 valence electrons. The molecular weight excluding hydrogens is 306 g/mol. The Kier molecular flexibility index (Phi) is 2.65. The van der Waals surface area contributed by atoms with Gasteiger partial charge in [-0.2, -0.15) is 0 Å². The van der Waals surface area contributed by atoms with E-state index < -0.39 is 0 Å². The molecule has 1 N–H and O–H groups in total. The summed E-state index contributed by atoms with van der Waals surface area (Å²) in [5.41, 5.74) is 3.83. The van der Waals surface area contributed by atoms with Crippen LogP contribution in [-0.2, 0) is 0 Å². The minimum atomic E-state index is 0.608. The number of nitrogens with zero attached hydrogens (tertiary/aromatic N) is 2. The van der Waals surface area contributed by atoms with Crippen molar-refractivity contribution in [2.75, 3.05) is 0 Å². The molecule has 16 heavy (non-hydrogen) atoms. The van der Waals surface area contributed by atoms with Gasteiger partial charge in [-0.3, -0.25) is 0 Å². The van der Waals surface area contributed by atoms with Crippen molar-refractivity contribution in [2.24, 2.45) is 0 Å². The number of aromatic nitrogens is 3. The van der Waals surface area contributed by atoms with Crippen LogP contribution in [0.4, 0.5) is 0 Å². The fourth-order valence-electron chi connectivity index (χ4n) is 1.58. The van der Waals surface area contributed by atoms with Gasteiger partial charge < -0.3 is 4.98 Å². The van der Waals surface area contributed by atoms with Crippen LogP contribution in [0.25, 0.3) is 11.5 Å². The number of thiazole rings is 1. The molecular formula is C10H8BrN3S2. The van der Waals surface area contributed by atoms with Crippen molar-refractivity contribution < 1.29 is 0 Å². The largest absolute Gasteiger partial charge is 0.340 e. The van der Waals surface area contributed by atoms with Crippen molar-refractivity contribution in [3.8, 4) is 11.5 Å². The quantitative estimate of drug-likeness (QED) is 0.855. The highest BCUT2D eigenvalue weighted by molar-refractivity contribution is 9.10. The Morgan fingerprint density at radius 3 is 2.94 bits per heavy atom. The molecule has 2 heterocycles. The van der Waals surface area contributed by atoms with E-state index in [2.05, 4.69) is 30.9 Å². The first kappa shape index (κ1) is 10.6. The molecule has 3 nitrogen and oxygen atoms in total. The molecule has 0 amide bonds. The van der Waals surface area contributed by atoms with Gasteiger partial charge in [0.25, 0.3) is 0 Å². The molecule has 1 aliphatic rings. The number of rotatable bonds is 2. The second kappa shape index (κ2) is 4.01. The molecule has 1 saturated carbocycles. The van der Waals surface area contributed by atoms with Crippen molar-refractivity contribution in [2.45, 2.75) is 18.8 Å². The zero-order valence-corrected chi connectivity index (χ0v) is 11.5. The Morgan fingerprint density at radius 2 is 2.31 bits per heavy atom. The summed E-state index contributed by atoms with van der Waals surface area (Å²) in [6.07, 6.45) is 2.45. The maximum Gasteiger partial charge on any atom is 0.158 e. The third-order valence-electron chi connectivity index (χ3n) is 2.55. The predicted molar refractivity (Wildman–Crippen MR) is 70.2 cm³/mol. The fraction of sp³-hybridized carbons (Fsp3) is 0.300. The Labute approximate surface area is 110 Å². The summed E-state index contributed by atoms with van der Waals surface area (Å²) in [7, 11) is 0. The lowest BCUT2D eigenvalue weighted by Crippen LogP contribution is -1.97. The Morgan fingerprint density at radius 1 is 1.50 bits per heavy atom. The van der Waals surface area contributed by atoms with Crippen LogP contribution in [0.2, 0.25) is 0 Å². The van der Waals surface area contributed by atoms with E-state index in [-0.39, 0.29) is 0 Å². The monoisotopic (exact) mass is 313 g/mol. The fourth-order valence-corrected chi connectivity index (χ4v) is 2.83. The van der Waals surface area contributed by atoms with Gasteiger partial charge in [0.1, 0.15) is 10.3 Å². The predicted octanol–water partition coefficient (Wildman–Crippen LogP) is 3.90. The lowest BCUT2D eigenvalue weighted by molar-refractivity contribution is 0.968. The average Bonchev–Trinajstić information content (AvgIpc) is 2.96. The van der Waals surface area contributed by atoms with Crippen LogP contribution in [-0.4, -0.2) is 15.0 Å². The van der Waals surface area contributed by atoms with Crippen molar-refractivity contribution in [1.82, 2.24) is 15.0 Å². The van der Waals surface area contributed by atoms with Crippen molar-refractivity contribution in [3.05, 3.63) is 25.7 Å². The number of hydrogen-bond acceptors (Lipinski definition) is 4. The number of halogens is 1. The highest BCUT2D eigenvalue weighted by atomic mass is 79.9. The normalized spacial score (nSPS) is 15.3. The number of H-pyrrole nitrogens is 1. The van der Waals surface area contributed by atoms with Crippen molar-refractivity contribution in [1.29, 1.82) is 0 Å². The topological polar surface area (TPSA) is 41.6 Å². The summed E-state index contributed by atoms with van der Waals surface area (Å²) in [6, 6.07) is 0. The second-order valence-electron chi connectivity index (χ2n) is 3.77. The number of hydrogen-bond donors (Lipinski definition) is 1. The number of aromatic amines is 1. The van der Waals surface area contributed by atoms with Gasteiger partial charge in [0, 0.05) is 17.0 Å². The van der Waals surface area contributed by atoms with E-state index in [9.17, 15) is 0 Å². The SMILES string of the molecule is S=c1nc(-c2cscn2)[nH]c(C2CC2)c1Br. The lowest BCUT2D eigenvalue weighted by atomic mass is 10.3. The molecule has 2 aromatic rings. The zero-order valence-electron chi connectivity index (χ0n) is 8.24. The van der Waals surface area contributed by atoms with E-state index >= 15 is 0 Å². The summed E-state index contributed by atoms with van der Waals surface area (Å²) >= 11 is 10.3. The summed E-state index contributed by atoms with van der Waals surface area (Å²) in [6.45, 7) is 0. The second-order valence-corrected chi connectivity index (χ2v) is 5.66. The van der Waals surface area contributed by atoms with Gasteiger partial charge in [-0.1, -0.05) is 12.2 Å². The minimum absolute atomic E-state index is 0.608. The first-order valence-electron chi connectivity index (χ1n) is 4.94. The van der Waals surface area contributed by atoms with Crippen LogP contribution in [0.1, 0.15) is 24.5 Å². The average molecular weight is 314 g/mol. The standard InChI is InChI=1S/C10H8BrN3S2/c11-7-8(5-1-2-5)13-9(14-10(7)15)6-3-16-4-12-6/h3-5H,1-2H2,(H,13,14,15). The van der Waals surface area contributed by atoms with Gasteiger partial charge in [-0.15, -0.1) is 11.3 Å². The van der Waals surface area contributed by atoms with Crippen molar-refractivity contribution in [3.63, 3.8) is 0 Å². The molecule has 0 atom stereocenters.